The van der Waals surface area contributed by atoms with Gasteiger partial charge in [-0.2, -0.15) is 0 Å². The van der Waals surface area contributed by atoms with Gasteiger partial charge in [0.2, 0.25) is 0 Å². The largest absolute Gasteiger partial charge is 0.466 e. The average molecular weight is 418 g/mol. The first-order valence-corrected chi connectivity index (χ1v) is 9.99. The highest BCUT2D eigenvalue weighted by molar-refractivity contribution is 5.82. The maximum atomic E-state index is 13.0. The Morgan fingerprint density at radius 1 is 0.793 bits per heavy atom. The number of hydrogen-bond acceptors (Lipinski definition) is 8. The van der Waals surface area contributed by atoms with Crippen molar-refractivity contribution < 1.29 is 33.7 Å². The minimum atomic E-state index is -1.12. The first-order valence-electron chi connectivity index (χ1n) is 9.99. The number of carbonyl (C=O) groups is 3. The van der Waals surface area contributed by atoms with Crippen LogP contribution in [0.25, 0.3) is 0 Å². The summed E-state index contributed by atoms with van der Waals surface area (Å²) in [7, 11) is 3.74. The second-order valence-electron chi connectivity index (χ2n) is 9.20. The average Bonchev–Trinajstić information content (AvgIpc) is 2.58. The third-order valence-electron chi connectivity index (χ3n) is 4.63. The van der Waals surface area contributed by atoms with Crippen LogP contribution in [-0.2, 0) is 28.6 Å². The molecule has 0 aliphatic rings. The molecule has 1 N–H and O–H groups in total. The molecule has 0 saturated heterocycles. The number of likely N-dealkylation sites (N-methyl/N-ethyl adjacent to an activating group) is 1. The van der Waals surface area contributed by atoms with Crippen LogP contribution in [0.3, 0.4) is 0 Å². The number of esters is 3. The molecule has 0 aliphatic carbocycles. The number of rotatable bonds is 13. The second-order valence-corrected chi connectivity index (χ2v) is 9.20. The van der Waals surface area contributed by atoms with Gasteiger partial charge in [-0.15, -0.1) is 0 Å². The summed E-state index contributed by atoms with van der Waals surface area (Å²) in [6.45, 7) is 10.8. The van der Waals surface area contributed by atoms with Crippen molar-refractivity contribution in [2.24, 2.45) is 16.2 Å². The molecule has 0 spiro atoms. The Kier molecular flexibility index (Phi) is 10.8. The van der Waals surface area contributed by atoms with Crippen molar-refractivity contribution in [3.05, 3.63) is 0 Å². The summed E-state index contributed by atoms with van der Waals surface area (Å²) in [4.78, 5) is 39.8. The van der Waals surface area contributed by atoms with Gasteiger partial charge in [0.25, 0.3) is 0 Å². The Morgan fingerprint density at radius 2 is 1.24 bits per heavy atom. The fraction of sp³-hybridized carbons (Fsp3) is 0.857. The van der Waals surface area contributed by atoms with Crippen molar-refractivity contribution in [2.45, 2.75) is 54.4 Å². The van der Waals surface area contributed by atoms with Crippen LogP contribution in [0, 0.1) is 16.2 Å². The van der Waals surface area contributed by atoms with Gasteiger partial charge in [-0.05, 0) is 68.5 Å². The van der Waals surface area contributed by atoms with Crippen LogP contribution in [0.2, 0.25) is 0 Å². The summed E-state index contributed by atoms with van der Waals surface area (Å²) >= 11 is 0. The molecule has 0 saturated carbocycles. The van der Waals surface area contributed by atoms with Crippen LogP contribution < -0.4 is 0 Å². The van der Waals surface area contributed by atoms with Crippen LogP contribution in [0.5, 0.6) is 0 Å². The van der Waals surface area contributed by atoms with E-state index in [1.54, 1.807) is 41.5 Å². The summed E-state index contributed by atoms with van der Waals surface area (Å²) in [5.41, 5.74) is -3.09. The Morgan fingerprint density at radius 3 is 1.66 bits per heavy atom. The maximum absolute atomic E-state index is 13.0. The molecule has 170 valence electrons. The normalized spacial score (nSPS) is 14.3. The van der Waals surface area contributed by atoms with Crippen molar-refractivity contribution in [1.82, 2.24) is 4.90 Å². The summed E-state index contributed by atoms with van der Waals surface area (Å²) in [5, 5.41) is 8.90. The molecule has 0 radical (unpaired) electrons. The van der Waals surface area contributed by atoms with Crippen molar-refractivity contribution in [3.63, 3.8) is 0 Å². The predicted molar refractivity (Wildman–Crippen MR) is 109 cm³/mol. The van der Waals surface area contributed by atoms with Gasteiger partial charge in [0.15, 0.2) is 0 Å². The molecule has 0 amide bonds. The molecule has 0 fully saturated rings. The number of hydrogen-bond donors (Lipinski definition) is 1. The Bertz CT molecular complexity index is 557. The summed E-state index contributed by atoms with van der Waals surface area (Å²) in [6.07, 6.45) is 0.268. The van der Waals surface area contributed by atoms with Gasteiger partial charge >= 0.3 is 17.9 Å². The second kappa shape index (κ2) is 11.5. The Balaban J connectivity index is 5.65. The number of nitrogens with zero attached hydrogens (tertiary/aromatic N) is 1. The van der Waals surface area contributed by atoms with E-state index >= 15 is 0 Å². The predicted octanol–water partition coefficient (Wildman–Crippen LogP) is 2.03. The SMILES string of the molecule is CCOC(=O)C(C)(C)CC(C)(CC(C)(C)C(=O)OCCO)C(=O)OCCN(C)C. The van der Waals surface area contributed by atoms with Crippen LogP contribution in [0.4, 0.5) is 0 Å². The van der Waals surface area contributed by atoms with E-state index in [1.807, 2.05) is 19.0 Å². The summed E-state index contributed by atoms with van der Waals surface area (Å²) in [6, 6.07) is 0. The molecular formula is C21H39NO7. The lowest BCUT2D eigenvalue weighted by Gasteiger charge is -2.38. The minimum absolute atomic E-state index is 0.111. The molecule has 0 aromatic rings. The van der Waals surface area contributed by atoms with E-state index in [4.69, 9.17) is 19.3 Å². The smallest absolute Gasteiger partial charge is 0.311 e. The Labute approximate surface area is 174 Å². The molecule has 8 nitrogen and oxygen atoms in total. The third kappa shape index (κ3) is 9.12. The van der Waals surface area contributed by atoms with Gasteiger partial charge < -0.3 is 24.2 Å². The molecule has 8 heteroatoms. The van der Waals surface area contributed by atoms with Gasteiger partial charge in [0.1, 0.15) is 13.2 Å². The molecule has 1 unspecified atom stereocenters. The van der Waals surface area contributed by atoms with Gasteiger partial charge in [-0.3, -0.25) is 14.4 Å². The Hall–Kier alpha value is -1.67. The number of ether oxygens (including phenoxy) is 3. The summed E-state index contributed by atoms with van der Waals surface area (Å²) < 4.78 is 15.7. The van der Waals surface area contributed by atoms with Crippen LogP contribution in [0.1, 0.15) is 54.4 Å². The van der Waals surface area contributed by atoms with E-state index < -0.39 is 34.2 Å². The molecular weight excluding hydrogens is 378 g/mol. The lowest BCUT2D eigenvalue weighted by atomic mass is 9.66. The molecule has 0 aromatic heterocycles. The van der Waals surface area contributed by atoms with E-state index in [2.05, 4.69) is 0 Å². The zero-order chi connectivity index (χ0) is 22.9. The van der Waals surface area contributed by atoms with Gasteiger partial charge in [0.05, 0.1) is 29.5 Å². The van der Waals surface area contributed by atoms with E-state index in [1.165, 1.54) is 0 Å². The number of aliphatic hydroxyl groups is 1. The van der Waals surface area contributed by atoms with Crippen LogP contribution in [-0.4, -0.2) is 75.0 Å². The molecule has 1 atom stereocenters. The molecule has 29 heavy (non-hydrogen) atoms. The number of aliphatic hydroxyl groups excluding tert-OH is 1. The molecule has 0 rings (SSSR count). The van der Waals surface area contributed by atoms with Crippen molar-refractivity contribution in [3.8, 4) is 0 Å². The van der Waals surface area contributed by atoms with E-state index in [0.29, 0.717) is 6.54 Å². The van der Waals surface area contributed by atoms with E-state index in [0.717, 1.165) is 0 Å². The lowest BCUT2D eigenvalue weighted by Crippen LogP contribution is -2.44. The van der Waals surface area contributed by atoms with Crippen molar-refractivity contribution in [1.29, 1.82) is 0 Å². The summed E-state index contributed by atoms with van der Waals surface area (Å²) in [5.74, 6) is -1.40. The highest BCUT2D eigenvalue weighted by atomic mass is 16.5. The zero-order valence-electron chi connectivity index (χ0n) is 19.3. The van der Waals surface area contributed by atoms with Gasteiger partial charge in [-0.25, -0.2) is 0 Å². The monoisotopic (exact) mass is 417 g/mol. The molecule has 0 aliphatic heterocycles. The first-order chi connectivity index (χ1) is 13.2. The van der Waals surface area contributed by atoms with Crippen LogP contribution in [0.15, 0.2) is 0 Å². The topological polar surface area (TPSA) is 102 Å². The molecule has 0 heterocycles. The van der Waals surface area contributed by atoms with Crippen LogP contribution >= 0.6 is 0 Å². The standard InChI is InChI=1S/C21H39NO7/c1-9-27-16(24)19(2,3)14-21(6,18(26)28-12-10-22(7)8)15-20(4,5)17(25)29-13-11-23/h23H,9-15H2,1-8H3. The highest BCUT2D eigenvalue weighted by Gasteiger charge is 2.48. The third-order valence-corrected chi connectivity index (χ3v) is 4.63. The van der Waals surface area contributed by atoms with Crippen molar-refractivity contribution in [2.75, 3.05) is 47.1 Å². The van der Waals surface area contributed by atoms with E-state index in [-0.39, 0.29) is 39.3 Å². The van der Waals surface area contributed by atoms with Gasteiger partial charge in [-0.1, -0.05) is 0 Å². The number of carbonyl (C=O) groups excluding carboxylic acids is 3. The lowest BCUT2D eigenvalue weighted by molar-refractivity contribution is -0.168. The van der Waals surface area contributed by atoms with Crippen molar-refractivity contribution >= 4 is 17.9 Å². The quantitative estimate of drug-likeness (QED) is 0.359. The zero-order valence-corrected chi connectivity index (χ0v) is 19.3. The van der Waals surface area contributed by atoms with E-state index in [9.17, 15) is 14.4 Å². The first kappa shape index (κ1) is 27.3. The molecule has 0 aromatic carbocycles. The maximum Gasteiger partial charge on any atom is 0.311 e. The fourth-order valence-corrected chi connectivity index (χ4v) is 3.46. The fourth-order valence-electron chi connectivity index (χ4n) is 3.46. The highest BCUT2D eigenvalue weighted by Crippen LogP contribution is 2.44. The minimum Gasteiger partial charge on any atom is -0.466 e. The molecule has 0 bridgehead atoms. The van der Waals surface area contributed by atoms with Gasteiger partial charge in [0, 0.05) is 6.54 Å².